The molecule has 0 radical (unpaired) electrons. The van der Waals surface area contributed by atoms with Crippen LogP contribution in [0.5, 0.6) is 5.75 Å². The Morgan fingerprint density at radius 1 is 1.08 bits per heavy atom. The minimum absolute atomic E-state index is 0. The van der Waals surface area contributed by atoms with Crippen molar-refractivity contribution in [1.82, 2.24) is 10.6 Å². The van der Waals surface area contributed by atoms with Gasteiger partial charge in [-0.25, -0.2) is 8.78 Å². The van der Waals surface area contributed by atoms with Gasteiger partial charge in [-0.15, -0.1) is 12.4 Å². The minimum atomic E-state index is -0.563. The molecule has 6 heteroatoms. The van der Waals surface area contributed by atoms with Crippen molar-refractivity contribution in [3.63, 3.8) is 0 Å². The van der Waals surface area contributed by atoms with Crippen molar-refractivity contribution in [3.8, 4) is 5.75 Å². The molecule has 1 saturated heterocycles. The monoisotopic (exact) mass is 354 g/mol. The third kappa shape index (κ3) is 4.66. The molecule has 1 unspecified atom stereocenters. The Morgan fingerprint density at radius 3 is 2.50 bits per heavy atom. The average Bonchev–Trinajstić information content (AvgIpc) is 2.83. The van der Waals surface area contributed by atoms with E-state index in [-0.39, 0.29) is 36.4 Å². The van der Waals surface area contributed by atoms with Crippen LogP contribution in [0.25, 0.3) is 0 Å². The zero-order chi connectivity index (χ0) is 16.1. The third-order valence-corrected chi connectivity index (χ3v) is 3.97. The average molecular weight is 355 g/mol. The summed E-state index contributed by atoms with van der Waals surface area (Å²) in [6, 6.07) is 11.7. The lowest BCUT2D eigenvalue weighted by Crippen LogP contribution is -2.29. The van der Waals surface area contributed by atoms with E-state index in [0.29, 0.717) is 13.1 Å². The van der Waals surface area contributed by atoms with Gasteiger partial charge in [-0.1, -0.05) is 30.3 Å². The van der Waals surface area contributed by atoms with Crippen LogP contribution < -0.4 is 15.4 Å². The van der Waals surface area contributed by atoms with Crippen LogP contribution in [-0.2, 0) is 6.61 Å². The molecule has 1 aliphatic rings. The van der Waals surface area contributed by atoms with Gasteiger partial charge in [-0.2, -0.15) is 0 Å². The second-order valence-corrected chi connectivity index (χ2v) is 5.65. The van der Waals surface area contributed by atoms with Gasteiger partial charge in [-0.05, 0) is 24.9 Å². The SMILES string of the molecule is Cl.Fc1cc(OCc2ccccc2)cc(F)c1C1CCCNCN1. The van der Waals surface area contributed by atoms with Gasteiger partial charge >= 0.3 is 0 Å². The summed E-state index contributed by atoms with van der Waals surface area (Å²) in [5, 5.41) is 6.28. The van der Waals surface area contributed by atoms with E-state index >= 15 is 0 Å². The van der Waals surface area contributed by atoms with E-state index in [1.807, 2.05) is 30.3 Å². The predicted molar refractivity (Wildman–Crippen MR) is 92.4 cm³/mol. The maximum Gasteiger partial charge on any atom is 0.134 e. The molecule has 130 valence electrons. The molecule has 3 nitrogen and oxygen atoms in total. The standard InChI is InChI=1S/C18H20F2N2O.ClH/c19-15-9-14(23-11-13-5-2-1-3-6-13)10-16(20)18(15)17-7-4-8-21-12-22-17;/h1-3,5-6,9-10,17,21-22H,4,7-8,11-12H2;1H. The Balaban J connectivity index is 0.00000208. The maximum atomic E-state index is 14.4. The number of nitrogens with one attached hydrogen (secondary N) is 2. The van der Waals surface area contributed by atoms with Gasteiger partial charge in [0.2, 0.25) is 0 Å². The van der Waals surface area contributed by atoms with E-state index in [0.717, 1.165) is 18.5 Å². The fraction of sp³-hybridized carbons (Fsp3) is 0.333. The highest BCUT2D eigenvalue weighted by atomic mass is 35.5. The molecule has 0 bridgehead atoms. The van der Waals surface area contributed by atoms with Crippen LogP contribution in [0.2, 0.25) is 0 Å². The second kappa shape index (κ2) is 8.97. The molecule has 0 aliphatic carbocycles. The molecule has 3 rings (SSSR count). The molecular weight excluding hydrogens is 334 g/mol. The van der Waals surface area contributed by atoms with Crippen molar-refractivity contribution in [2.45, 2.75) is 25.5 Å². The normalized spacial score (nSPS) is 17.7. The van der Waals surface area contributed by atoms with Gasteiger partial charge in [0, 0.05) is 30.4 Å². The van der Waals surface area contributed by atoms with E-state index in [4.69, 9.17) is 4.74 Å². The Bertz CT molecular complexity index is 624. The van der Waals surface area contributed by atoms with E-state index in [1.165, 1.54) is 12.1 Å². The zero-order valence-electron chi connectivity index (χ0n) is 13.2. The number of hydrogen-bond donors (Lipinski definition) is 2. The zero-order valence-corrected chi connectivity index (χ0v) is 14.0. The molecule has 2 N–H and O–H groups in total. The van der Waals surface area contributed by atoms with E-state index in [1.54, 1.807) is 0 Å². The summed E-state index contributed by atoms with van der Waals surface area (Å²) in [5.74, 6) is -0.917. The van der Waals surface area contributed by atoms with E-state index in [9.17, 15) is 8.78 Å². The molecule has 1 fully saturated rings. The number of halogens is 3. The van der Waals surface area contributed by atoms with Crippen LogP contribution in [0.15, 0.2) is 42.5 Å². The molecule has 2 aromatic carbocycles. The first-order valence-electron chi connectivity index (χ1n) is 7.84. The maximum absolute atomic E-state index is 14.4. The molecule has 0 amide bonds. The highest BCUT2D eigenvalue weighted by Crippen LogP contribution is 2.29. The second-order valence-electron chi connectivity index (χ2n) is 5.65. The quantitative estimate of drug-likeness (QED) is 0.872. The van der Waals surface area contributed by atoms with Crippen molar-refractivity contribution in [2.24, 2.45) is 0 Å². The Hall–Kier alpha value is -1.69. The van der Waals surface area contributed by atoms with Gasteiger partial charge in [0.15, 0.2) is 0 Å². The third-order valence-electron chi connectivity index (χ3n) is 3.97. The summed E-state index contributed by atoms with van der Waals surface area (Å²) in [4.78, 5) is 0. The first-order valence-corrected chi connectivity index (χ1v) is 7.84. The van der Waals surface area contributed by atoms with Crippen LogP contribution >= 0.6 is 12.4 Å². The van der Waals surface area contributed by atoms with E-state index in [2.05, 4.69) is 10.6 Å². The van der Waals surface area contributed by atoms with Gasteiger partial charge in [0.25, 0.3) is 0 Å². The molecule has 24 heavy (non-hydrogen) atoms. The fourth-order valence-electron chi connectivity index (χ4n) is 2.78. The summed E-state index contributed by atoms with van der Waals surface area (Å²) in [6.45, 7) is 1.69. The number of rotatable bonds is 4. The summed E-state index contributed by atoms with van der Waals surface area (Å²) in [5.41, 5.74) is 1.05. The van der Waals surface area contributed by atoms with Gasteiger partial charge in [-0.3, -0.25) is 5.32 Å². The number of benzene rings is 2. The van der Waals surface area contributed by atoms with Crippen molar-refractivity contribution >= 4 is 12.4 Å². The first-order chi connectivity index (χ1) is 11.2. The first kappa shape index (κ1) is 18.6. The van der Waals surface area contributed by atoms with Crippen LogP contribution in [-0.4, -0.2) is 13.2 Å². The highest BCUT2D eigenvalue weighted by molar-refractivity contribution is 5.85. The highest BCUT2D eigenvalue weighted by Gasteiger charge is 2.22. The fourth-order valence-corrected chi connectivity index (χ4v) is 2.78. The molecule has 1 heterocycles. The number of hydrogen-bond acceptors (Lipinski definition) is 3. The van der Waals surface area contributed by atoms with Crippen molar-refractivity contribution in [1.29, 1.82) is 0 Å². The number of ether oxygens (including phenoxy) is 1. The van der Waals surface area contributed by atoms with Crippen LogP contribution in [0.1, 0.15) is 30.0 Å². The topological polar surface area (TPSA) is 33.3 Å². The van der Waals surface area contributed by atoms with Crippen LogP contribution in [0, 0.1) is 11.6 Å². The largest absolute Gasteiger partial charge is 0.489 e. The van der Waals surface area contributed by atoms with Crippen molar-refractivity contribution in [2.75, 3.05) is 13.2 Å². The Kier molecular flexibility index (Phi) is 6.97. The smallest absolute Gasteiger partial charge is 0.134 e. The Labute approximate surface area is 146 Å². The molecule has 1 aliphatic heterocycles. The summed E-state index contributed by atoms with van der Waals surface area (Å²) < 4.78 is 34.3. The van der Waals surface area contributed by atoms with Crippen LogP contribution in [0.3, 0.4) is 0 Å². The van der Waals surface area contributed by atoms with Gasteiger partial charge in [0.05, 0.1) is 0 Å². The molecule has 0 saturated carbocycles. The van der Waals surface area contributed by atoms with E-state index < -0.39 is 11.6 Å². The lowest BCUT2D eigenvalue weighted by atomic mass is 10.0. The van der Waals surface area contributed by atoms with Crippen LogP contribution in [0.4, 0.5) is 8.78 Å². The lowest BCUT2D eigenvalue weighted by Gasteiger charge is -2.18. The minimum Gasteiger partial charge on any atom is -0.489 e. The van der Waals surface area contributed by atoms with Gasteiger partial charge < -0.3 is 10.1 Å². The Morgan fingerprint density at radius 2 is 1.79 bits per heavy atom. The molecule has 2 aromatic rings. The van der Waals surface area contributed by atoms with Gasteiger partial charge in [0.1, 0.15) is 24.0 Å². The molecule has 0 spiro atoms. The predicted octanol–water partition coefficient (Wildman–Crippen LogP) is 3.94. The summed E-state index contributed by atoms with van der Waals surface area (Å²) in [7, 11) is 0. The van der Waals surface area contributed by atoms with Crippen molar-refractivity contribution < 1.29 is 13.5 Å². The summed E-state index contributed by atoms with van der Waals surface area (Å²) in [6.07, 6.45) is 1.58. The summed E-state index contributed by atoms with van der Waals surface area (Å²) >= 11 is 0. The lowest BCUT2D eigenvalue weighted by molar-refractivity contribution is 0.301. The molecule has 0 aromatic heterocycles. The van der Waals surface area contributed by atoms with Crippen molar-refractivity contribution in [3.05, 3.63) is 65.2 Å². The molecule has 1 atom stereocenters. The molecular formula is C18H21ClF2N2O.